The van der Waals surface area contributed by atoms with Crippen molar-refractivity contribution >= 4 is 17.8 Å². The minimum Gasteiger partial charge on any atom is -0.481 e. The molecular formula is C12H20N2O6. The second-order valence-corrected chi connectivity index (χ2v) is 4.72. The quantitative estimate of drug-likeness (QED) is 0.453. The molecule has 4 N–H and O–H groups in total. The van der Waals surface area contributed by atoms with Crippen LogP contribution < -0.4 is 10.6 Å². The lowest BCUT2D eigenvalue weighted by Crippen LogP contribution is -2.48. The van der Waals surface area contributed by atoms with Gasteiger partial charge in [-0.2, -0.15) is 0 Å². The largest absolute Gasteiger partial charge is 0.481 e. The number of carbonyl (C=O) groups is 3. The van der Waals surface area contributed by atoms with Crippen molar-refractivity contribution in [3.8, 4) is 0 Å². The Labute approximate surface area is 116 Å². The molecule has 0 bridgehead atoms. The number of carboxylic acid groups (broad SMARTS) is 2. The van der Waals surface area contributed by atoms with Gasteiger partial charge in [-0.3, -0.25) is 9.59 Å². The first-order valence-electron chi connectivity index (χ1n) is 6.45. The van der Waals surface area contributed by atoms with E-state index >= 15 is 0 Å². The highest BCUT2D eigenvalue weighted by atomic mass is 16.5. The van der Waals surface area contributed by atoms with E-state index in [4.69, 9.17) is 14.9 Å². The summed E-state index contributed by atoms with van der Waals surface area (Å²) in [5, 5.41) is 23.0. The molecule has 3 atom stereocenters. The van der Waals surface area contributed by atoms with Gasteiger partial charge in [0.1, 0.15) is 6.04 Å². The highest BCUT2D eigenvalue weighted by molar-refractivity contribution is 5.85. The molecule has 20 heavy (non-hydrogen) atoms. The molecule has 8 nitrogen and oxygen atoms in total. The average Bonchev–Trinajstić information content (AvgIpc) is 2.85. The third kappa shape index (κ3) is 4.78. The SMILES string of the molecule is CNC1COCC1C(=O)N[C@H](CCCC(=O)O)C(=O)O. The van der Waals surface area contributed by atoms with Crippen LogP contribution >= 0.6 is 0 Å². The lowest BCUT2D eigenvalue weighted by atomic mass is 10.0. The van der Waals surface area contributed by atoms with Crippen LogP contribution in [0.5, 0.6) is 0 Å². The lowest BCUT2D eigenvalue weighted by molar-refractivity contribution is -0.143. The summed E-state index contributed by atoms with van der Waals surface area (Å²) in [5.74, 6) is -2.96. The monoisotopic (exact) mass is 288 g/mol. The summed E-state index contributed by atoms with van der Waals surface area (Å²) in [4.78, 5) is 33.5. The molecule has 0 aromatic rings. The summed E-state index contributed by atoms with van der Waals surface area (Å²) in [6, 6.07) is -1.21. The Morgan fingerprint density at radius 3 is 2.55 bits per heavy atom. The topological polar surface area (TPSA) is 125 Å². The zero-order valence-electron chi connectivity index (χ0n) is 11.3. The van der Waals surface area contributed by atoms with Gasteiger partial charge in [-0.15, -0.1) is 0 Å². The molecule has 0 aromatic heterocycles. The molecule has 1 heterocycles. The van der Waals surface area contributed by atoms with Crippen LogP contribution in [0.4, 0.5) is 0 Å². The van der Waals surface area contributed by atoms with Crippen LogP contribution in [-0.4, -0.2) is 60.4 Å². The maximum atomic E-state index is 12.0. The summed E-state index contributed by atoms with van der Waals surface area (Å²) >= 11 is 0. The van der Waals surface area contributed by atoms with Crippen LogP contribution in [0.1, 0.15) is 19.3 Å². The van der Waals surface area contributed by atoms with Crippen molar-refractivity contribution < 1.29 is 29.3 Å². The second kappa shape index (κ2) is 7.81. The van der Waals surface area contributed by atoms with Crippen molar-refractivity contribution in [3.05, 3.63) is 0 Å². The Hall–Kier alpha value is -1.67. The minimum absolute atomic E-state index is 0.0885. The van der Waals surface area contributed by atoms with Gasteiger partial charge in [-0.05, 0) is 19.9 Å². The van der Waals surface area contributed by atoms with E-state index in [1.165, 1.54) is 0 Å². The number of nitrogens with one attached hydrogen (secondary N) is 2. The van der Waals surface area contributed by atoms with E-state index in [0.717, 1.165) is 0 Å². The van der Waals surface area contributed by atoms with Crippen LogP contribution in [0.3, 0.4) is 0 Å². The van der Waals surface area contributed by atoms with E-state index < -0.39 is 23.9 Å². The number of aliphatic carboxylic acids is 2. The van der Waals surface area contributed by atoms with E-state index in [2.05, 4.69) is 10.6 Å². The summed E-state index contributed by atoms with van der Waals surface area (Å²) in [6.07, 6.45) is 0.166. The third-order valence-electron chi connectivity index (χ3n) is 3.29. The summed E-state index contributed by atoms with van der Waals surface area (Å²) in [5.41, 5.74) is 0. The fourth-order valence-electron chi connectivity index (χ4n) is 2.09. The van der Waals surface area contributed by atoms with Gasteiger partial charge in [-0.25, -0.2) is 4.79 Å². The van der Waals surface area contributed by atoms with Crippen molar-refractivity contribution in [2.45, 2.75) is 31.3 Å². The number of carbonyl (C=O) groups excluding carboxylic acids is 1. The molecule has 8 heteroatoms. The molecular weight excluding hydrogens is 268 g/mol. The standard InChI is InChI=1S/C12H20N2O6/c1-13-9-6-20-5-7(9)11(17)14-8(12(18)19)3-2-4-10(15)16/h7-9,13H,2-6H2,1H3,(H,14,17)(H,15,16)(H,18,19)/t7?,8-,9?/m1/s1. The summed E-state index contributed by atoms with van der Waals surface area (Å²) in [6.45, 7) is 0.657. The van der Waals surface area contributed by atoms with Gasteiger partial charge in [0.25, 0.3) is 0 Å². The van der Waals surface area contributed by atoms with Crippen LogP contribution in [-0.2, 0) is 19.1 Å². The smallest absolute Gasteiger partial charge is 0.326 e. The van der Waals surface area contributed by atoms with E-state index in [9.17, 15) is 14.4 Å². The van der Waals surface area contributed by atoms with Gasteiger partial charge in [-0.1, -0.05) is 0 Å². The van der Waals surface area contributed by atoms with E-state index in [1.54, 1.807) is 7.05 Å². The van der Waals surface area contributed by atoms with E-state index in [1.807, 2.05) is 0 Å². The van der Waals surface area contributed by atoms with Crippen LogP contribution in [0.15, 0.2) is 0 Å². The predicted octanol–water partition coefficient (Wildman–Crippen LogP) is -0.955. The van der Waals surface area contributed by atoms with Crippen LogP contribution in [0.2, 0.25) is 0 Å². The molecule has 1 fully saturated rings. The normalized spacial score (nSPS) is 23.2. The lowest BCUT2D eigenvalue weighted by Gasteiger charge is -2.20. The van der Waals surface area contributed by atoms with Crippen molar-refractivity contribution in [1.29, 1.82) is 0 Å². The van der Waals surface area contributed by atoms with Gasteiger partial charge < -0.3 is 25.6 Å². The fourth-order valence-corrected chi connectivity index (χ4v) is 2.09. The molecule has 0 saturated carbocycles. The van der Waals surface area contributed by atoms with Crippen molar-refractivity contribution in [3.63, 3.8) is 0 Å². The molecule has 0 radical (unpaired) electrons. The molecule has 1 rings (SSSR count). The van der Waals surface area contributed by atoms with E-state index in [0.29, 0.717) is 6.61 Å². The zero-order chi connectivity index (χ0) is 15.1. The number of hydrogen-bond donors (Lipinski definition) is 4. The number of carboxylic acids is 2. The Morgan fingerprint density at radius 1 is 1.30 bits per heavy atom. The highest BCUT2D eigenvalue weighted by Crippen LogP contribution is 2.14. The molecule has 0 aromatic carbocycles. The maximum absolute atomic E-state index is 12.0. The second-order valence-electron chi connectivity index (χ2n) is 4.72. The molecule has 1 amide bonds. The third-order valence-corrected chi connectivity index (χ3v) is 3.29. The van der Waals surface area contributed by atoms with Gasteiger partial charge in [0, 0.05) is 12.5 Å². The van der Waals surface area contributed by atoms with Gasteiger partial charge in [0.05, 0.1) is 19.1 Å². The fraction of sp³-hybridized carbons (Fsp3) is 0.750. The van der Waals surface area contributed by atoms with E-state index in [-0.39, 0.29) is 37.8 Å². The molecule has 1 aliphatic heterocycles. The maximum Gasteiger partial charge on any atom is 0.326 e. The van der Waals surface area contributed by atoms with Crippen LogP contribution in [0, 0.1) is 5.92 Å². The molecule has 0 spiro atoms. The number of amides is 1. The Bertz CT molecular complexity index is 373. The van der Waals surface area contributed by atoms with Gasteiger partial charge >= 0.3 is 11.9 Å². The van der Waals surface area contributed by atoms with Crippen LogP contribution in [0.25, 0.3) is 0 Å². The average molecular weight is 288 g/mol. The Kier molecular flexibility index (Phi) is 6.40. The molecule has 0 aliphatic carbocycles. The Morgan fingerprint density at radius 2 is 2.00 bits per heavy atom. The first kappa shape index (κ1) is 16.4. The Balaban J connectivity index is 2.50. The number of hydrogen-bond acceptors (Lipinski definition) is 5. The van der Waals surface area contributed by atoms with Crippen molar-refractivity contribution in [2.24, 2.45) is 5.92 Å². The first-order valence-corrected chi connectivity index (χ1v) is 6.45. The highest BCUT2D eigenvalue weighted by Gasteiger charge is 2.34. The molecule has 1 aliphatic rings. The molecule has 2 unspecified atom stereocenters. The minimum atomic E-state index is -1.16. The zero-order valence-corrected chi connectivity index (χ0v) is 11.3. The molecule has 1 saturated heterocycles. The number of likely N-dealkylation sites (N-methyl/N-ethyl adjacent to an activating group) is 1. The van der Waals surface area contributed by atoms with Gasteiger partial charge in [0.15, 0.2) is 0 Å². The number of rotatable bonds is 8. The molecule has 114 valence electrons. The first-order chi connectivity index (χ1) is 9.45. The summed E-state index contributed by atoms with van der Waals surface area (Å²) < 4.78 is 5.19. The van der Waals surface area contributed by atoms with Crippen molar-refractivity contribution in [2.75, 3.05) is 20.3 Å². The predicted molar refractivity (Wildman–Crippen MR) is 68.2 cm³/mol. The van der Waals surface area contributed by atoms with Crippen molar-refractivity contribution in [1.82, 2.24) is 10.6 Å². The number of ether oxygens (including phenoxy) is 1. The summed E-state index contributed by atoms with van der Waals surface area (Å²) in [7, 11) is 1.71. The van der Waals surface area contributed by atoms with Gasteiger partial charge in [0.2, 0.25) is 5.91 Å².